The zero-order chi connectivity index (χ0) is 20.3. The van der Waals surface area contributed by atoms with Crippen LogP contribution in [0.2, 0.25) is 0 Å². The molecule has 29 heavy (non-hydrogen) atoms. The second-order valence-corrected chi connectivity index (χ2v) is 9.18. The second-order valence-electron chi connectivity index (χ2n) is 9.18. The van der Waals surface area contributed by atoms with Gasteiger partial charge in [-0.3, -0.25) is 0 Å². The fourth-order valence-electron chi connectivity index (χ4n) is 5.36. The Morgan fingerprint density at radius 2 is 1.55 bits per heavy atom. The van der Waals surface area contributed by atoms with Crippen LogP contribution < -0.4 is 4.74 Å². The summed E-state index contributed by atoms with van der Waals surface area (Å²) < 4.78 is 5.48. The van der Waals surface area contributed by atoms with Gasteiger partial charge < -0.3 is 4.74 Å². The van der Waals surface area contributed by atoms with Gasteiger partial charge in [0.05, 0.1) is 6.61 Å². The molecule has 1 heteroatoms. The molecule has 3 rings (SSSR count). The van der Waals surface area contributed by atoms with Crippen molar-refractivity contribution in [2.75, 3.05) is 6.61 Å². The molecule has 0 bridgehead atoms. The molecule has 0 amide bonds. The van der Waals surface area contributed by atoms with E-state index in [4.69, 9.17) is 4.74 Å². The summed E-state index contributed by atoms with van der Waals surface area (Å²) in [6.45, 7) is 5.03. The van der Waals surface area contributed by atoms with Gasteiger partial charge in [-0.15, -0.1) is 0 Å². The summed E-state index contributed by atoms with van der Waals surface area (Å²) in [5.74, 6) is 11.2. The van der Waals surface area contributed by atoms with Crippen molar-refractivity contribution in [3.8, 4) is 17.6 Å². The standard InChI is InChI=1S/C28H40O/c1-3-5-8-23-11-17-26(18-12-23)27-19-13-24(14-20-27)9-6-7-10-25-15-21-28(22-16-25)29-4-2/h6,9,15-16,21-24,26-27H,3-5,8,11-14,17-20H2,1-2H3. The highest BCUT2D eigenvalue weighted by atomic mass is 16.5. The van der Waals surface area contributed by atoms with Crippen LogP contribution in [0.15, 0.2) is 36.4 Å². The van der Waals surface area contributed by atoms with Gasteiger partial charge in [0.2, 0.25) is 0 Å². The summed E-state index contributed by atoms with van der Waals surface area (Å²) in [4.78, 5) is 0. The highest BCUT2D eigenvalue weighted by Gasteiger charge is 2.30. The second kappa shape index (κ2) is 12.1. The fraction of sp³-hybridized carbons (Fsp3) is 0.643. The lowest BCUT2D eigenvalue weighted by Crippen LogP contribution is -2.25. The van der Waals surface area contributed by atoms with Crippen molar-refractivity contribution in [3.63, 3.8) is 0 Å². The number of allylic oxidation sites excluding steroid dienone is 2. The summed E-state index contributed by atoms with van der Waals surface area (Å²) in [7, 11) is 0. The van der Waals surface area contributed by atoms with Gasteiger partial charge >= 0.3 is 0 Å². The van der Waals surface area contributed by atoms with Gasteiger partial charge in [0.25, 0.3) is 0 Å². The van der Waals surface area contributed by atoms with Crippen LogP contribution in [0.25, 0.3) is 0 Å². The van der Waals surface area contributed by atoms with Crippen molar-refractivity contribution in [1.82, 2.24) is 0 Å². The SMILES string of the molecule is CCCCC1CCC(C2CCC(C=CC#Cc3ccc(OCC)cc3)CC2)CC1. The van der Waals surface area contributed by atoms with E-state index in [-0.39, 0.29) is 0 Å². The number of unbranched alkanes of at least 4 members (excludes halogenated alkanes) is 1. The number of rotatable bonds is 7. The Labute approximate surface area is 179 Å². The van der Waals surface area contributed by atoms with Gasteiger partial charge in [-0.2, -0.15) is 0 Å². The third-order valence-corrected chi connectivity index (χ3v) is 7.17. The molecular weight excluding hydrogens is 352 g/mol. The molecule has 0 heterocycles. The molecule has 2 aliphatic carbocycles. The predicted molar refractivity (Wildman–Crippen MR) is 124 cm³/mol. The van der Waals surface area contributed by atoms with Crippen LogP contribution in [0.4, 0.5) is 0 Å². The zero-order valence-electron chi connectivity index (χ0n) is 18.7. The number of hydrogen-bond acceptors (Lipinski definition) is 1. The minimum absolute atomic E-state index is 0.705. The van der Waals surface area contributed by atoms with Gasteiger partial charge in [0, 0.05) is 5.56 Å². The topological polar surface area (TPSA) is 9.23 Å². The molecule has 158 valence electrons. The van der Waals surface area contributed by atoms with Gasteiger partial charge in [0.15, 0.2) is 0 Å². The van der Waals surface area contributed by atoms with Gasteiger partial charge in [-0.1, -0.05) is 56.9 Å². The van der Waals surface area contributed by atoms with Crippen molar-refractivity contribution in [2.45, 2.75) is 84.5 Å². The Hall–Kier alpha value is -1.68. The average Bonchev–Trinajstić information content (AvgIpc) is 2.77. The molecule has 2 aliphatic rings. The van der Waals surface area contributed by atoms with Crippen LogP contribution >= 0.6 is 0 Å². The smallest absolute Gasteiger partial charge is 0.119 e. The van der Waals surface area contributed by atoms with Crippen molar-refractivity contribution in [1.29, 1.82) is 0 Å². The van der Waals surface area contributed by atoms with Crippen LogP contribution in [-0.2, 0) is 0 Å². The minimum atomic E-state index is 0.705. The molecule has 0 unspecified atom stereocenters. The van der Waals surface area contributed by atoms with Gasteiger partial charge in [-0.25, -0.2) is 0 Å². The average molecular weight is 393 g/mol. The van der Waals surface area contributed by atoms with E-state index >= 15 is 0 Å². The van der Waals surface area contributed by atoms with Crippen LogP contribution in [0.5, 0.6) is 5.75 Å². The quantitative estimate of drug-likeness (QED) is 0.430. The summed E-state index contributed by atoms with van der Waals surface area (Å²) in [6, 6.07) is 8.06. The van der Waals surface area contributed by atoms with E-state index in [1.165, 1.54) is 70.6 Å². The lowest BCUT2D eigenvalue weighted by molar-refractivity contribution is 0.152. The van der Waals surface area contributed by atoms with Crippen LogP contribution in [0, 0.1) is 35.5 Å². The third kappa shape index (κ3) is 7.26. The van der Waals surface area contributed by atoms with E-state index in [2.05, 4.69) is 30.9 Å². The highest BCUT2D eigenvalue weighted by Crippen LogP contribution is 2.42. The van der Waals surface area contributed by atoms with E-state index in [0.717, 1.165) is 35.0 Å². The van der Waals surface area contributed by atoms with Crippen molar-refractivity contribution in [3.05, 3.63) is 42.0 Å². The number of benzene rings is 1. The molecule has 0 aromatic heterocycles. The monoisotopic (exact) mass is 392 g/mol. The van der Waals surface area contributed by atoms with Crippen molar-refractivity contribution >= 4 is 0 Å². The van der Waals surface area contributed by atoms with E-state index in [1.807, 2.05) is 31.2 Å². The zero-order valence-corrected chi connectivity index (χ0v) is 18.7. The molecule has 1 nitrogen and oxygen atoms in total. The van der Waals surface area contributed by atoms with Crippen molar-refractivity contribution in [2.24, 2.45) is 23.7 Å². The number of ether oxygens (including phenoxy) is 1. The van der Waals surface area contributed by atoms with Crippen LogP contribution in [0.1, 0.15) is 90.0 Å². The molecule has 1 aromatic carbocycles. The maximum Gasteiger partial charge on any atom is 0.119 e. The summed E-state index contributed by atoms with van der Waals surface area (Å²) >= 11 is 0. The molecule has 0 N–H and O–H groups in total. The van der Waals surface area contributed by atoms with E-state index in [9.17, 15) is 0 Å². The summed E-state index contributed by atoms with van der Waals surface area (Å²) in [6.07, 6.45) is 20.4. The van der Waals surface area contributed by atoms with Gasteiger partial charge in [0.1, 0.15) is 5.75 Å². The summed E-state index contributed by atoms with van der Waals surface area (Å²) in [5, 5.41) is 0. The van der Waals surface area contributed by atoms with E-state index < -0.39 is 0 Å². The lowest BCUT2D eigenvalue weighted by atomic mass is 9.68. The maximum absolute atomic E-state index is 5.48. The largest absolute Gasteiger partial charge is 0.494 e. The molecule has 0 aliphatic heterocycles. The van der Waals surface area contributed by atoms with E-state index in [1.54, 1.807) is 0 Å². The first-order chi connectivity index (χ1) is 14.3. The normalized spacial score (nSPS) is 27.4. The molecule has 1 aromatic rings. The molecule has 2 saturated carbocycles. The first-order valence-corrected chi connectivity index (χ1v) is 12.2. The van der Waals surface area contributed by atoms with Crippen LogP contribution in [-0.4, -0.2) is 6.61 Å². The molecule has 2 fully saturated rings. The molecule has 0 atom stereocenters. The molecule has 0 radical (unpaired) electrons. The van der Waals surface area contributed by atoms with Crippen molar-refractivity contribution < 1.29 is 4.74 Å². The highest BCUT2D eigenvalue weighted by molar-refractivity contribution is 5.40. The minimum Gasteiger partial charge on any atom is -0.494 e. The number of hydrogen-bond donors (Lipinski definition) is 0. The van der Waals surface area contributed by atoms with E-state index in [0.29, 0.717) is 6.61 Å². The Morgan fingerprint density at radius 1 is 0.897 bits per heavy atom. The summed E-state index contributed by atoms with van der Waals surface area (Å²) in [5.41, 5.74) is 1.05. The Morgan fingerprint density at radius 3 is 2.17 bits per heavy atom. The third-order valence-electron chi connectivity index (χ3n) is 7.17. The maximum atomic E-state index is 5.48. The molecule has 0 spiro atoms. The Balaban J connectivity index is 1.37. The van der Waals surface area contributed by atoms with Gasteiger partial charge in [-0.05, 0) is 99.5 Å². The fourth-order valence-corrected chi connectivity index (χ4v) is 5.36. The van der Waals surface area contributed by atoms with Crippen LogP contribution in [0.3, 0.4) is 0 Å². The lowest BCUT2D eigenvalue weighted by Gasteiger charge is -2.37. The first-order valence-electron chi connectivity index (χ1n) is 12.2. The predicted octanol–water partition coefficient (Wildman–Crippen LogP) is 7.80. The Bertz CT molecular complexity index is 659. The Kier molecular flexibility index (Phi) is 9.20. The molecular formula is C28H40O. The first kappa shape index (κ1) is 22.0. The molecule has 0 saturated heterocycles.